The van der Waals surface area contributed by atoms with Crippen LogP contribution in [0, 0.1) is 0 Å². The maximum absolute atomic E-state index is 6.11. The molecule has 1 atom stereocenters. The third-order valence-electron chi connectivity index (χ3n) is 2.36. The van der Waals surface area contributed by atoms with Gasteiger partial charge >= 0.3 is 0 Å². The molecule has 0 saturated carbocycles. The number of hydrogen-bond donors (Lipinski definition) is 2. The predicted octanol–water partition coefficient (Wildman–Crippen LogP) is 4.26. The Bertz CT molecular complexity index is 510. The summed E-state index contributed by atoms with van der Waals surface area (Å²) < 4.78 is 1.27. The van der Waals surface area contributed by atoms with Gasteiger partial charge in [0.2, 0.25) is 0 Å². The summed E-state index contributed by atoms with van der Waals surface area (Å²) in [4.78, 5) is 0. The largest absolute Gasteiger partial charge is 0.271 e. The molecule has 17 heavy (non-hydrogen) atoms. The van der Waals surface area contributed by atoms with Gasteiger partial charge in [0.25, 0.3) is 0 Å². The molecule has 1 aromatic heterocycles. The van der Waals surface area contributed by atoms with Gasteiger partial charge in [0, 0.05) is 10.6 Å². The predicted molar refractivity (Wildman–Crippen MR) is 75.0 cm³/mol. The number of nitrogens with two attached hydrogens (primary N) is 1. The van der Waals surface area contributed by atoms with Gasteiger partial charge in [0.15, 0.2) is 0 Å². The molecule has 0 saturated heterocycles. The van der Waals surface area contributed by atoms with E-state index in [0.717, 1.165) is 11.1 Å². The molecular formula is C11H9Cl3N2S. The fourth-order valence-corrected chi connectivity index (χ4v) is 3.23. The van der Waals surface area contributed by atoms with Gasteiger partial charge in [0.05, 0.1) is 14.7 Å². The van der Waals surface area contributed by atoms with Gasteiger partial charge in [-0.25, -0.2) is 5.43 Å². The van der Waals surface area contributed by atoms with Crippen molar-refractivity contribution in [3.8, 4) is 0 Å². The van der Waals surface area contributed by atoms with Crippen LogP contribution in [0.3, 0.4) is 0 Å². The average molecular weight is 308 g/mol. The molecule has 1 unspecified atom stereocenters. The van der Waals surface area contributed by atoms with Gasteiger partial charge in [-0.05, 0) is 23.8 Å². The molecule has 1 heterocycles. The molecule has 0 aliphatic rings. The second kappa shape index (κ2) is 5.57. The van der Waals surface area contributed by atoms with Crippen molar-refractivity contribution in [1.82, 2.24) is 5.43 Å². The maximum Gasteiger partial charge on any atom is 0.0995 e. The zero-order valence-electron chi connectivity index (χ0n) is 8.58. The maximum atomic E-state index is 6.11. The molecule has 2 aromatic rings. The van der Waals surface area contributed by atoms with Crippen LogP contribution in [0.4, 0.5) is 0 Å². The number of hydrazine groups is 1. The summed E-state index contributed by atoms with van der Waals surface area (Å²) in [6, 6.07) is 9.03. The molecule has 2 rings (SSSR count). The first-order valence-electron chi connectivity index (χ1n) is 4.78. The highest BCUT2D eigenvalue weighted by Crippen LogP contribution is 2.37. The first-order chi connectivity index (χ1) is 8.11. The van der Waals surface area contributed by atoms with Gasteiger partial charge in [-0.3, -0.25) is 5.84 Å². The van der Waals surface area contributed by atoms with E-state index in [9.17, 15) is 0 Å². The summed E-state index contributed by atoms with van der Waals surface area (Å²) in [5, 5.41) is 0.680. The van der Waals surface area contributed by atoms with E-state index in [-0.39, 0.29) is 6.04 Å². The zero-order chi connectivity index (χ0) is 12.4. The van der Waals surface area contributed by atoms with Crippen molar-refractivity contribution in [1.29, 1.82) is 0 Å². The Morgan fingerprint density at radius 1 is 1.12 bits per heavy atom. The Morgan fingerprint density at radius 2 is 1.76 bits per heavy atom. The van der Waals surface area contributed by atoms with Crippen LogP contribution in [0.1, 0.15) is 17.2 Å². The highest BCUT2D eigenvalue weighted by Gasteiger charge is 2.18. The summed E-state index contributed by atoms with van der Waals surface area (Å²) in [7, 11) is 0. The molecule has 0 fully saturated rings. The van der Waals surface area contributed by atoms with E-state index >= 15 is 0 Å². The number of nitrogens with one attached hydrogen (secondary N) is 1. The minimum atomic E-state index is -0.191. The molecular weight excluding hydrogens is 299 g/mol. The van der Waals surface area contributed by atoms with Crippen LogP contribution < -0.4 is 11.3 Å². The van der Waals surface area contributed by atoms with Gasteiger partial charge < -0.3 is 0 Å². The lowest BCUT2D eigenvalue weighted by Crippen LogP contribution is -2.28. The van der Waals surface area contributed by atoms with Crippen LogP contribution in [0.2, 0.25) is 13.7 Å². The van der Waals surface area contributed by atoms with Crippen molar-refractivity contribution >= 4 is 46.1 Å². The van der Waals surface area contributed by atoms with E-state index in [4.69, 9.17) is 40.6 Å². The first kappa shape index (κ1) is 13.1. The smallest absolute Gasteiger partial charge is 0.0995 e. The normalized spacial score (nSPS) is 12.7. The van der Waals surface area contributed by atoms with E-state index in [1.807, 2.05) is 30.3 Å². The Morgan fingerprint density at radius 3 is 2.24 bits per heavy atom. The van der Waals surface area contributed by atoms with Crippen molar-refractivity contribution in [2.75, 3.05) is 0 Å². The minimum absolute atomic E-state index is 0.191. The molecule has 90 valence electrons. The summed E-state index contributed by atoms with van der Waals surface area (Å²) in [6.07, 6.45) is 0. The van der Waals surface area contributed by atoms with E-state index < -0.39 is 0 Å². The second-order valence-electron chi connectivity index (χ2n) is 3.43. The van der Waals surface area contributed by atoms with Crippen molar-refractivity contribution < 1.29 is 0 Å². The van der Waals surface area contributed by atoms with E-state index in [2.05, 4.69) is 5.43 Å². The second-order valence-corrected chi connectivity index (χ2v) is 6.15. The Kier molecular flexibility index (Phi) is 4.31. The lowest BCUT2D eigenvalue weighted by molar-refractivity contribution is 0.639. The lowest BCUT2D eigenvalue weighted by atomic mass is 10.0. The minimum Gasteiger partial charge on any atom is -0.271 e. The molecule has 0 spiro atoms. The van der Waals surface area contributed by atoms with E-state index in [0.29, 0.717) is 13.7 Å². The molecule has 0 bridgehead atoms. The standard InChI is InChI=1S/C11H9Cl3N2S/c12-7-3-1-6(2-4-7)10(16-15)8-5-9(13)17-11(8)14/h1-5,10,16H,15H2. The summed E-state index contributed by atoms with van der Waals surface area (Å²) in [6.45, 7) is 0. The van der Waals surface area contributed by atoms with Crippen LogP contribution in [0.25, 0.3) is 0 Å². The third kappa shape index (κ3) is 2.94. The summed E-state index contributed by atoms with van der Waals surface area (Å²) in [5.74, 6) is 5.57. The Balaban J connectivity index is 2.39. The van der Waals surface area contributed by atoms with Gasteiger partial charge in [0.1, 0.15) is 0 Å². The fraction of sp³-hybridized carbons (Fsp3) is 0.0909. The average Bonchev–Trinajstić information content (AvgIpc) is 2.62. The summed E-state index contributed by atoms with van der Waals surface area (Å²) >= 11 is 19.2. The molecule has 3 N–H and O–H groups in total. The van der Waals surface area contributed by atoms with E-state index in [1.165, 1.54) is 11.3 Å². The SMILES string of the molecule is NNC(c1ccc(Cl)cc1)c1cc(Cl)sc1Cl. The van der Waals surface area contributed by atoms with Crippen LogP contribution in [-0.2, 0) is 0 Å². The van der Waals surface area contributed by atoms with Crippen LogP contribution in [0.15, 0.2) is 30.3 Å². The summed E-state index contributed by atoms with van der Waals surface area (Å²) in [5.41, 5.74) is 4.58. The molecule has 0 radical (unpaired) electrons. The lowest BCUT2D eigenvalue weighted by Gasteiger charge is -2.15. The molecule has 6 heteroatoms. The fourth-order valence-electron chi connectivity index (χ4n) is 1.57. The van der Waals surface area contributed by atoms with Crippen molar-refractivity contribution in [2.24, 2.45) is 5.84 Å². The number of thiophene rings is 1. The van der Waals surface area contributed by atoms with Crippen molar-refractivity contribution in [3.63, 3.8) is 0 Å². The highest BCUT2D eigenvalue weighted by molar-refractivity contribution is 7.20. The number of benzene rings is 1. The van der Waals surface area contributed by atoms with Crippen LogP contribution in [-0.4, -0.2) is 0 Å². The topological polar surface area (TPSA) is 38.0 Å². The molecule has 0 aliphatic carbocycles. The Hall–Kier alpha value is -0.290. The zero-order valence-corrected chi connectivity index (χ0v) is 11.7. The first-order valence-corrected chi connectivity index (χ1v) is 6.73. The monoisotopic (exact) mass is 306 g/mol. The molecule has 0 amide bonds. The number of rotatable bonds is 3. The van der Waals surface area contributed by atoms with Gasteiger partial charge in [-0.2, -0.15) is 0 Å². The van der Waals surface area contributed by atoms with Crippen LogP contribution in [0.5, 0.6) is 0 Å². The van der Waals surface area contributed by atoms with Crippen molar-refractivity contribution in [2.45, 2.75) is 6.04 Å². The quantitative estimate of drug-likeness (QED) is 0.657. The Labute approximate surface area is 118 Å². The number of hydrogen-bond acceptors (Lipinski definition) is 3. The van der Waals surface area contributed by atoms with Crippen LogP contribution >= 0.6 is 46.1 Å². The molecule has 0 aliphatic heterocycles. The third-order valence-corrected chi connectivity index (χ3v) is 4.13. The molecule has 2 nitrogen and oxygen atoms in total. The van der Waals surface area contributed by atoms with Crippen molar-refractivity contribution in [3.05, 3.63) is 55.2 Å². The number of halogens is 3. The van der Waals surface area contributed by atoms with Gasteiger partial charge in [-0.1, -0.05) is 46.9 Å². The molecule has 1 aromatic carbocycles. The van der Waals surface area contributed by atoms with E-state index in [1.54, 1.807) is 0 Å². The highest BCUT2D eigenvalue weighted by atomic mass is 35.5. The van der Waals surface area contributed by atoms with Gasteiger partial charge in [-0.15, -0.1) is 11.3 Å².